The van der Waals surface area contributed by atoms with E-state index in [1.807, 2.05) is 13.0 Å². The predicted molar refractivity (Wildman–Crippen MR) is 102 cm³/mol. The molecule has 0 unspecified atom stereocenters. The van der Waals surface area contributed by atoms with Crippen LogP contribution in [0, 0.1) is 18.2 Å². The number of nitrogens with zero attached hydrogens (tertiary/aromatic N) is 3. The molecule has 2 bridgehead atoms. The molecule has 150 valence electrons. The lowest BCUT2D eigenvalue weighted by atomic mass is 9.35. The zero-order chi connectivity index (χ0) is 20.1. The standard InChI is InChI=1S/C21H19ClFN3O3/c1-13-4-15(7-24-6-13)27-8-18-25-26-19(29-18)21-9-20(10-21,11-21)12-28-14-2-3-16(22)17(23)5-14/h2-7H,8-12H2,1H3. The van der Waals surface area contributed by atoms with Crippen LogP contribution >= 0.6 is 11.6 Å². The van der Waals surface area contributed by atoms with Crippen LogP contribution < -0.4 is 9.47 Å². The van der Waals surface area contributed by atoms with Gasteiger partial charge in [-0.25, -0.2) is 4.39 Å². The third-order valence-corrected chi connectivity index (χ3v) is 6.02. The normalized spacial score (nSPS) is 24.5. The van der Waals surface area contributed by atoms with E-state index in [9.17, 15) is 4.39 Å². The number of hydrogen-bond acceptors (Lipinski definition) is 6. The van der Waals surface area contributed by atoms with Gasteiger partial charge >= 0.3 is 0 Å². The van der Waals surface area contributed by atoms with Crippen LogP contribution in [0.1, 0.15) is 36.6 Å². The minimum absolute atomic E-state index is 0.0508. The molecule has 2 heterocycles. The smallest absolute Gasteiger partial charge is 0.253 e. The number of pyridine rings is 1. The molecule has 0 N–H and O–H groups in total. The molecule has 0 spiro atoms. The van der Waals surface area contributed by atoms with Gasteiger partial charge in [0.05, 0.1) is 23.2 Å². The summed E-state index contributed by atoms with van der Waals surface area (Å²) in [5, 5.41) is 8.44. The lowest BCUT2D eigenvalue weighted by molar-refractivity contribution is -0.174. The van der Waals surface area contributed by atoms with Crippen molar-refractivity contribution in [1.82, 2.24) is 15.2 Å². The fraction of sp³-hybridized carbons (Fsp3) is 0.381. The van der Waals surface area contributed by atoms with Gasteiger partial charge in [-0.15, -0.1) is 10.2 Å². The Labute approximate surface area is 172 Å². The van der Waals surface area contributed by atoms with Crippen molar-refractivity contribution in [2.45, 2.75) is 38.2 Å². The number of aryl methyl sites for hydroxylation is 1. The summed E-state index contributed by atoms with van der Waals surface area (Å²) >= 11 is 5.70. The van der Waals surface area contributed by atoms with Gasteiger partial charge in [-0.05, 0) is 49.9 Å². The molecule has 0 atom stereocenters. The number of ether oxygens (including phenoxy) is 2. The quantitative estimate of drug-likeness (QED) is 0.559. The maximum atomic E-state index is 13.5. The highest BCUT2D eigenvalue weighted by molar-refractivity contribution is 6.30. The summed E-state index contributed by atoms with van der Waals surface area (Å²) < 4.78 is 30.8. The van der Waals surface area contributed by atoms with E-state index >= 15 is 0 Å². The molecule has 1 aromatic carbocycles. The lowest BCUT2D eigenvalue weighted by Gasteiger charge is -2.68. The highest BCUT2D eigenvalue weighted by Gasteiger charge is 2.71. The lowest BCUT2D eigenvalue weighted by Crippen LogP contribution is -2.66. The van der Waals surface area contributed by atoms with Crippen LogP contribution in [0.2, 0.25) is 5.02 Å². The second kappa shape index (κ2) is 6.69. The number of halogens is 2. The van der Waals surface area contributed by atoms with Crippen molar-refractivity contribution in [3.63, 3.8) is 0 Å². The molecule has 3 aliphatic rings. The van der Waals surface area contributed by atoms with Crippen LogP contribution in [0.4, 0.5) is 4.39 Å². The predicted octanol–water partition coefficient (Wildman–Crippen LogP) is 4.65. The first-order valence-electron chi connectivity index (χ1n) is 9.41. The molecular formula is C21H19ClFN3O3. The molecule has 29 heavy (non-hydrogen) atoms. The Morgan fingerprint density at radius 3 is 2.69 bits per heavy atom. The minimum atomic E-state index is -0.472. The molecule has 3 aliphatic carbocycles. The van der Waals surface area contributed by atoms with Gasteiger partial charge in [0.1, 0.15) is 17.3 Å². The highest BCUT2D eigenvalue weighted by atomic mass is 35.5. The van der Waals surface area contributed by atoms with Crippen molar-refractivity contribution in [2.75, 3.05) is 6.61 Å². The van der Waals surface area contributed by atoms with Crippen LogP contribution in [0.15, 0.2) is 41.1 Å². The van der Waals surface area contributed by atoms with Crippen molar-refractivity contribution in [1.29, 1.82) is 0 Å². The second-order valence-corrected chi connectivity index (χ2v) is 8.57. The van der Waals surface area contributed by atoms with Gasteiger partial charge in [0.25, 0.3) is 5.89 Å². The van der Waals surface area contributed by atoms with E-state index in [2.05, 4.69) is 15.2 Å². The van der Waals surface area contributed by atoms with Crippen molar-refractivity contribution in [2.24, 2.45) is 5.41 Å². The summed E-state index contributed by atoms with van der Waals surface area (Å²) in [4.78, 5) is 4.09. The zero-order valence-electron chi connectivity index (χ0n) is 15.8. The molecule has 0 saturated heterocycles. The van der Waals surface area contributed by atoms with E-state index in [4.69, 9.17) is 25.5 Å². The Hall–Kier alpha value is -2.67. The Kier molecular flexibility index (Phi) is 4.24. The summed E-state index contributed by atoms with van der Waals surface area (Å²) in [7, 11) is 0. The third-order valence-electron chi connectivity index (χ3n) is 5.71. The first kappa shape index (κ1) is 18.4. The summed E-state index contributed by atoms with van der Waals surface area (Å²) in [6.45, 7) is 2.71. The van der Waals surface area contributed by atoms with Crippen molar-refractivity contribution < 1.29 is 18.3 Å². The molecule has 2 aromatic heterocycles. The third kappa shape index (κ3) is 3.33. The van der Waals surface area contributed by atoms with E-state index in [0.29, 0.717) is 29.9 Å². The summed E-state index contributed by atoms with van der Waals surface area (Å²) in [6, 6.07) is 6.41. The molecule has 0 radical (unpaired) electrons. The van der Waals surface area contributed by atoms with Gasteiger partial charge in [0.15, 0.2) is 6.61 Å². The van der Waals surface area contributed by atoms with Gasteiger partial charge in [-0.3, -0.25) is 4.98 Å². The first-order chi connectivity index (χ1) is 14.0. The van der Waals surface area contributed by atoms with Crippen LogP contribution in [0.5, 0.6) is 11.5 Å². The monoisotopic (exact) mass is 415 g/mol. The summed E-state index contributed by atoms with van der Waals surface area (Å²) in [5.41, 5.74) is 1.08. The molecule has 0 amide bonds. The first-order valence-corrected chi connectivity index (χ1v) is 9.78. The van der Waals surface area contributed by atoms with Gasteiger partial charge in [0.2, 0.25) is 5.89 Å². The van der Waals surface area contributed by atoms with E-state index < -0.39 is 5.82 Å². The Balaban J connectivity index is 1.15. The molecule has 8 heteroatoms. The van der Waals surface area contributed by atoms with E-state index in [1.165, 1.54) is 12.1 Å². The average molecular weight is 416 g/mol. The fourth-order valence-electron chi connectivity index (χ4n) is 4.46. The maximum absolute atomic E-state index is 13.5. The SMILES string of the molecule is Cc1cncc(OCc2nnc(C34CC(COc5ccc(Cl)c(F)c5)(C3)C4)o2)c1. The molecule has 3 aromatic rings. The Bertz CT molecular complexity index is 1050. The van der Waals surface area contributed by atoms with Gasteiger partial charge < -0.3 is 13.9 Å². The maximum Gasteiger partial charge on any atom is 0.253 e. The van der Waals surface area contributed by atoms with Crippen molar-refractivity contribution in [3.8, 4) is 11.5 Å². The number of hydrogen-bond donors (Lipinski definition) is 0. The molecule has 3 fully saturated rings. The second-order valence-electron chi connectivity index (χ2n) is 8.16. The van der Waals surface area contributed by atoms with Crippen LogP contribution in [0.25, 0.3) is 0 Å². The van der Waals surface area contributed by atoms with Crippen molar-refractivity contribution in [3.05, 3.63) is 64.8 Å². The number of rotatable bonds is 7. The van der Waals surface area contributed by atoms with Gasteiger partial charge in [-0.2, -0.15) is 0 Å². The molecule has 6 rings (SSSR count). The summed E-state index contributed by atoms with van der Waals surface area (Å²) in [5.74, 6) is 1.81. The largest absolute Gasteiger partial charge is 0.493 e. The topological polar surface area (TPSA) is 70.3 Å². The number of benzene rings is 1. The van der Waals surface area contributed by atoms with Gasteiger partial charge in [-0.1, -0.05) is 11.6 Å². The van der Waals surface area contributed by atoms with Crippen LogP contribution in [0.3, 0.4) is 0 Å². The minimum Gasteiger partial charge on any atom is -0.493 e. The van der Waals surface area contributed by atoms with Crippen LogP contribution in [-0.4, -0.2) is 21.8 Å². The van der Waals surface area contributed by atoms with E-state index in [0.717, 1.165) is 24.8 Å². The van der Waals surface area contributed by atoms with Crippen LogP contribution in [-0.2, 0) is 12.0 Å². The highest BCUT2D eigenvalue weighted by Crippen LogP contribution is 2.73. The fourth-order valence-corrected chi connectivity index (χ4v) is 4.58. The average Bonchev–Trinajstić information content (AvgIpc) is 3.10. The van der Waals surface area contributed by atoms with E-state index in [-0.39, 0.29) is 22.5 Å². The van der Waals surface area contributed by atoms with Gasteiger partial charge in [0, 0.05) is 17.7 Å². The molecule has 0 aliphatic heterocycles. The van der Waals surface area contributed by atoms with Crippen molar-refractivity contribution >= 4 is 11.6 Å². The number of aromatic nitrogens is 3. The zero-order valence-corrected chi connectivity index (χ0v) is 16.6. The summed E-state index contributed by atoms with van der Waals surface area (Å²) in [6.07, 6.45) is 6.21. The Morgan fingerprint density at radius 1 is 1.10 bits per heavy atom. The molecular weight excluding hydrogens is 397 g/mol. The molecule has 3 saturated carbocycles. The Morgan fingerprint density at radius 2 is 1.93 bits per heavy atom. The van der Waals surface area contributed by atoms with E-state index in [1.54, 1.807) is 18.5 Å². The molecule has 6 nitrogen and oxygen atoms in total.